The molecule has 54 valence electrons. The maximum absolute atomic E-state index is 5.29. The lowest BCUT2D eigenvalue weighted by Gasteiger charge is -2.28. The van der Waals surface area contributed by atoms with E-state index in [0.717, 1.165) is 13.2 Å². The predicted molar refractivity (Wildman–Crippen MR) is 34.2 cm³/mol. The molecule has 2 unspecified atom stereocenters. The summed E-state index contributed by atoms with van der Waals surface area (Å²) in [6, 6.07) is 0. The smallest absolute Gasteiger partial charge is 0.134 e. The molecule has 1 aliphatic rings. The molecule has 0 radical (unpaired) electrons. The van der Waals surface area contributed by atoms with E-state index in [1.54, 1.807) is 7.11 Å². The lowest BCUT2D eigenvalue weighted by Crippen LogP contribution is -2.47. The molecular weight excluding hydrogens is 118 g/mol. The van der Waals surface area contributed by atoms with Crippen LogP contribution in [0.4, 0.5) is 0 Å². The summed E-state index contributed by atoms with van der Waals surface area (Å²) in [6.45, 7) is 3.68. The minimum Gasteiger partial charge on any atom is -0.373 e. The predicted octanol–water partition coefficient (Wildman–Crippen LogP) is -0.0328. The average Bonchev–Trinajstić information content (AvgIpc) is 1.89. The number of nitrogens with one attached hydrogen (secondary N) is 1. The topological polar surface area (TPSA) is 30.5 Å². The molecule has 3 nitrogen and oxygen atoms in total. The van der Waals surface area contributed by atoms with E-state index in [2.05, 4.69) is 5.32 Å². The van der Waals surface area contributed by atoms with Gasteiger partial charge in [0.05, 0.1) is 12.7 Å². The Morgan fingerprint density at radius 2 is 2.44 bits per heavy atom. The Kier molecular flexibility index (Phi) is 2.45. The number of hydrogen-bond acceptors (Lipinski definition) is 3. The third kappa shape index (κ3) is 1.64. The molecule has 9 heavy (non-hydrogen) atoms. The lowest BCUT2D eigenvalue weighted by atomic mass is 10.3. The van der Waals surface area contributed by atoms with Crippen LogP contribution in [0.3, 0.4) is 0 Å². The van der Waals surface area contributed by atoms with E-state index in [4.69, 9.17) is 9.47 Å². The minimum atomic E-state index is 0.0822. The normalized spacial score (nSPS) is 36.7. The molecule has 0 bridgehead atoms. The molecular formula is C6H13NO2. The van der Waals surface area contributed by atoms with Gasteiger partial charge in [-0.2, -0.15) is 0 Å². The summed E-state index contributed by atoms with van der Waals surface area (Å²) in [5.74, 6) is 0. The molecule has 0 amide bonds. The maximum Gasteiger partial charge on any atom is 0.134 e. The van der Waals surface area contributed by atoms with Crippen molar-refractivity contribution in [3.63, 3.8) is 0 Å². The zero-order chi connectivity index (χ0) is 6.69. The van der Waals surface area contributed by atoms with Crippen LogP contribution in [0, 0.1) is 0 Å². The van der Waals surface area contributed by atoms with Crippen LogP contribution in [-0.2, 0) is 9.47 Å². The van der Waals surface area contributed by atoms with Gasteiger partial charge < -0.3 is 9.47 Å². The summed E-state index contributed by atoms with van der Waals surface area (Å²) in [7, 11) is 1.68. The monoisotopic (exact) mass is 131 g/mol. The standard InChI is InChI=1S/C6H13NO2/c1-5-6(8-2)7-3-4-9-5/h5-7H,3-4H2,1-2H3. The van der Waals surface area contributed by atoms with Crippen LogP contribution in [0.2, 0.25) is 0 Å². The highest BCUT2D eigenvalue weighted by Gasteiger charge is 2.19. The number of morpholine rings is 1. The van der Waals surface area contributed by atoms with Crippen LogP contribution in [0.15, 0.2) is 0 Å². The van der Waals surface area contributed by atoms with Crippen LogP contribution in [0.1, 0.15) is 6.92 Å². The maximum atomic E-state index is 5.29. The molecule has 0 saturated carbocycles. The van der Waals surface area contributed by atoms with Crippen molar-refractivity contribution in [2.45, 2.75) is 19.3 Å². The summed E-state index contributed by atoms with van der Waals surface area (Å²) in [6.07, 6.45) is 0.266. The van der Waals surface area contributed by atoms with Gasteiger partial charge in [-0.1, -0.05) is 0 Å². The number of ether oxygens (including phenoxy) is 2. The average molecular weight is 131 g/mol. The molecule has 1 rings (SSSR count). The molecule has 0 aromatic heterocycles. The third-order valence-corrected chi connectivity index (χ3v) is 1.51. The summed E-state index contributed by atoms with van der Waals surface area (Å²) in [5, 5.41) is 3.17. The molecule has 0 spiro atoms. The van der Waals surface area contributed by atoms with Crippen LogP contribution < -0.4 is 5.32 Å². The Morgan fingerprint density at radius 3 is 2.89 bits per heavy atom. The lowest BCUT2D eigenvalue weighted by molar-refractivity contribution is -0.0910. The second-order valence-corrected chi connectivity index (χ2v) is 2.19. The van der Waals surface area contributed by atoms with Gasteiger partial charge in [0.1, 0.15) is 6.23 Å². The van der Waals surface area contributed by atoms with Gasteiger partial charge >= 0.3 is 0 Å². The Balaban J connectivity index is 2.30. The molecule has 3 heteroatoms. The van der Waals surface area contributed by atoms with Crippen molar-refractivity contribution in [2.24, 2.45) is 0 Å². The van der Waals surface area contributed by atoms with E-state index in [1.165, 1.54) is 0 Å². The summed E-state index contributed by atoms with van der Waals surface area (Å²) in [4.78, 5) is 0. The first-order chi connectivity index (χ1) is 4.34. The van der Waals surface area contributed by atoms with E-state index in [0.29, 0.717) is 0 Å². The second-order valence-electron chi connectivity index (χ2n) is 2.19. The SMILES string of the molecule is COC1NCCOC1C. The van der Waals surface area contributed by atoms with E-state index >= 15 is 0 Å². The minimum absolute atomic E-state index is 0.0822. The largest absolute Gasteiger partial charge is 0.373 e. The van der Waals surface area contributed by atoms with E-state index < -0.39 is 0 Å². The summed E-state index contributed by atoms with van der Waals surface area (Å²) < 4.78 is 10.4. The summed E-state index contributed by atoms with van der Waals surface area (Å²) >= 11 is 0. The fourth-order valence-electron chi connectivity index (χ4n) is 0.974. The zero-order valence-corrected chi connectivity index (χ0v) is 5.89. The van der Waals surface area contributed by atoms with E-state index in [1.807, 2.05) is 6.92 Å². The van der Waals surface area contributed by atoms with Gasteiger partial charge in [-0.3, -0.25) is 5.32 Å². The molecule has 1 heterocycles. The van der Waals surface area contributed by atoms with Crippen molar-refractivity contribution in [3.05, 3.63) is 0 Å². The molecule has 1 fully saturated rings. The molecule has 1 saturated heterocycles. The van der Waals surface area contributed by atoms with Crippen LogP contribution >= 0.6 is 0 Å². The van der Waals surface area contributed by atoms with Gasteiger partial charge in [0, 0.05) is 13.7 Å². The Labute approximate surface area is 55.3 Å². The van der Waals surface area contributed by atoms with Crippen molar-refractivity contribution in [1.29, 1.82) is 0 Å². The van der Waals surface area contributed by atoms with E-state index in [9.17, 15) is 0 Å². The van der Waals surface area contributed by atoms with Crippen molar-refractivity contribution >= 4 is 0 Å². The van der Waals surface area contributed by atoms with E-state index in [-0.39, 0.29) is 12.3 Å². The first-order valence-corrected chi connectivity index (χ1v) is 3.22. The summed E-state index contributed by atoms with van der Waals surface area (Å²) in [5.41, 5.74) is 0. The van der Waals surface area contributed by atoms with Gasteiger partial charge in [-0.25, -0.2) is 0 Å². The van der Waals surface area contributed by atoms with Gasteiger partial charge in [-0.15, -0.1) is 0 Å². The molecule has 2 atom stereocenters. The molecule has 0 aromatic rings. The number of methoxy groups -OCH3 is 1. The third-order valence-electron chi connectivity index (χ3n) is 1.51. The molecule has 1 aliphatic heterocycles. The van der Waals surface area contributed by atoms with Crippen LogP contribution in [-0.4, -0.2) is 32.6 Å². The Morgan fingerprint density at radius 1 is 1.67 bits per heavy atom. The number of rotatable bonds is 1. The highest BCUT2D eigenvalue weighted by Crippen LogP contribution is 2.02. The highest BCUT2D eigenvalue weighted by molar-refractivity contribution is 4.67. The quantitative estimate of drug-likeness (QED) is 0.542. The Hall–Kier alpha value is -0.120. The first-order valence-electron chi connectivity index (χ1n) is 3.22. The first kappa shape index (κ1) is 6.99. The second kappa shape index (κ2) is 3.15. The van der Waals surface area contributed by atoms with Gasteiger partial charge in [0.15, 0.2) is 0 Å². The fourth-order valence-corrected chi connectivity index (χ4v) is 0.974. The van der Waals surface area contributed by atoms with Crippen LogP contribution in [0.25, 0.3) is 0 Å². The van der Waals surface area contributed by atoms with Gasteiger partial charge in [0.25, 0.3) is 0 Å². The molecule has 0 aliphatic carbocycles. The molecule has 0 aromatic carbocycles. The Bertz CT molecular complexity index is 87.1. The van der Waals surface area contributed by atoms with Gasteiger partial charge in [0.2, 0.25) is 0 Å². The highest BCUT2D eigenvalue weighted by atomic mass is 16.5. The van der Waals surface area contributed by atoms with Crippen molar-refractivity contribution < 1.29 is 9.47 Å². The molecule has 1 N–H and O–H groups in total. The van der Waals surface area contributed by atoms with Crippen molar-refractivity contribution in [1.82, 2.24) is 5.32 Å². The van der Waals surface area contributed by atoms with Gasteiger partial charge in [-0.05, 0) is 6.92 Å². The van der Waals surface area contributed by atoms with Crippen molar-refractivity contribution in [3.8, 4) is 0 Å². The fraction of sp³-hybridized carbons (Fsp3) is 1.00. The van der Waals surface area contributed by atoms with Crippen molar-refractivity contribution in [2.75, 3.05) is 20.3 Å². The zero-order valence-electron chi connectivity index (χ0n) is 5.89. The van der Waals surface area contributed by atoms with Crippen LogP contribution in [0.5, 0.6) is 0 Å². The number of hydrogen-bond donors (Lipinski definition) is 1.